The number of nitrogens with two attached hydrogens (primary N) is 1. The van der Waals surface area contributed by atoms with E-state index in [4.69, 9.17) is 10.5 Å². The van der Waals surface area contributed by atoms with E-state index >= 15 is 0 Å². The van der Waals surface area contributed by atoms with E-state index in [1.807, 2.05) is 36.9 Å². The Balaban J connectivity index is 1.56. The van der Waals surface area contributed by atoms with Crippen LogP contribution in [-0.4, -0.2) is 42.5 Å². The maximum Gasteiger partial charge on any atom is 0.254 e. The quantitative estimate of drug-likeness (QED) is 0.912. The van der Waals surface area contributed by atoms with Gasteiger partial charge in [-0.1, -0.05) is 17.7 Å². The first-order chi connectivity index (χ1) is 12.0. The lowest BCUT2D eigenvalue weighted by Crippen LogP contribution is -2.40. The highest BCUT2D eigenvalue weighted by Crippen LogP contribution is 2.31. The second kappa shape index (κ2) is 7.56. The fourth-order valence-electron chi connectivity index (χ4n) is 4.04. The molecule has 2 heterocycles. The summed E-state index contributed by atoms with van der Waals surface area (Å²) in [5, 5.41) is 0. The zero-order valence-electron chi connectivity index (χ0n) is 15.2. The molecular formula is C20H28N2O3. The van der Waals surface area contributed by atoms with Gasteiger partial charge < -0.3 is 15.4 Å². The maximum atomic E-state index is 12.8. The number of primary amides is 1. The number of carbonyl (C=O) groups is 2. The van der Waals surface area contributed by atoms with Crippen LogP contribution in [0.25, 0.3) is 0 Å². The number of nitrogens with zero attached hydrogens (tertiary/aromatic N) is 1. The van der Waals surface area contributed by atoms with E-state index in [0.717, 1.165) is 55.5 Å². The number of amides is 2. The predicted molar refractivity (Wildman–Crippen MR) is 96.2 cm³/mol. The van der Waals surface area contributed by atoms with Crippen molar-refractivity contribution in [2.24, 2.45) is 17.6 Å². The monoisotopic (exact) mass is 344 g/mol. The van der Waals surface area contributed by atoms with E-state index in [2.05, 4.69) is 0 Å². The Morgan fingerprint density at radius 3 is 2.60 bits per heavy atom. The summed E-state index contributed by atoms with van der Waals surface area (Å²) in [6, 6.07) is 6.03. The van der Waals surface area contributed by atoms with Gasteiger partial charge >= 0.3 is 0 Å². The fraction of sp³-hybridized carbons (Fsp3) is 0.600. The molecule has 25 heavy (non-hydrogen) atoms. The van der Waals surface area contributed by atoms with E-state index < -0.39 is 0 Å². The van der Waals surface area contributed by atoms with E-state index in [0.29, 0.717) is 12.5 Å². The van der Waals surface area contributed by atoms with Crippen LogP contribution in [0.4, 0.5) is 0 Å². The summed E-state index contributed by atoms with van der Waals surface area (Å²) >= 11 is 0. The van der Waals surface area contributed by atoms with Crippen molar-refractivity contribution in [2.75, 3.05) is 19.7 Å². The predicted octanol–water partition coefficient (Wildman–Crippen LogP) is 2.44. The number of aryl methyl sites for hydroxylation is 2. The van der Waals surface area contributed by atoms with E-state index in [1.54, 1.807) is 0 Å². The fourth-order valence-corrected chi connectivity index (χ4v) is 4.04. The first-order valence-corrected chi connectivity index (χ1v) is 9.23. The van der Waals surface area contributed by atoms with Crippen LogP contribution in [0.1, 0.15) is 47.2 Å². The van der Waals surface area contributed by atoms with Gasteiger partial charge in [-0.05, 0) is 57.1 Å². The van der Waals surface area contributed by atoms with Crippen molar-refractivity contribution in [1.82, 2.24) is 4.90 Å². The molecule has 1 aromatic rings. The first kappa shape index (κ1) is 17.9. The molecule has 2 aliphatic heterocycles. The van der Waals surface area contributed by atoms with Gasteiger partial charge in [-0.25, -0.2) is 0 Å². The lowest BCUT2D eigenvalue weighted by atomic mass is 9.86. The van der Waals surface area contributed by atoms with E-state index in [9.17, 15) is 9.59 Å². The normalized spacial score (nSPS) is 24.5. The lowest BCUT2D eigenvalue weighted by Gasteiger charge is -2.34. The minimum Gasteiger partial charge on any atom is -0.377 e. The third-order valence-corrected chi connectivity index (χ3v) is 5.67. The Hall–Kier alpha value is -1.88. The standard InChI is InChI=1S/C20H28N2O3/c1-13-3-4-14(2)17(11-13)20(24)22-8-5-15(6-9-22)12-18-16(19(21)23)7-10-25-18/h3-4,11,15-16,18H,5-10,12H2,1-2H3,(H2,21,23)/t16-,18-/m1/s1. The summed E-state index contributed by atoms with van der Waals surface area (Å²) in [7, 11) is 0. The Kier molecular flexibility index (Phi) is 5.42. The largest absolute Gasteiger partial charge is 0.377 e. The number of ether oxygens (including phenoxy) is 1. The molecule has 136 valence electrons. The SMILES string of the molecule is Cc1ccc(C)c(C(=O)N2CCC(C[C@H]3OCC[C@H]3C(N)=O)CC2)c1. The molecule has 1 aromatic carbocycles. The van der Waals surface area contributed by atoms with Crippen LogP contribution in [0.3, 0.4) is 0 Å². The van der Waals surface area contributed by atoms with Gasteiger partial charge in [-0.15, -0.1) is 0 Å². The summed E-state index contributed by atoms with van der Waals surface area (Å²) in [6.07, 6.45) is 3.50. The number of likely N-dealkylation sites (tertiary alicyclic amines) is 1. The molecule has 0 aliphatic carbocycles. The smallest absolute Gasteiger partial charge is 0.254 e. The third kappa shape index (κ3) is 4.03. The van der Waals surface area contributed by atoms with Crippen molar-refractivity contribution in [1.29, 1.82) is 0 Å². The van der Waals surface area contributed by atoms with Crippen molar-refractivity contribution >= 4 is 11.8 Å². The summed E-state index contributed by atoms with van der Waals surface area (Å²) in [5.41, 5.74) is 8.43. The van der Waals surface area contributed by atoms with Gasteiger partial charge in [0.1, 0.15) is 0 Å². The van der Waals surface area contributed by atoms with Crippen LogP contribution >= 0.6 is 0 Å². The Bertz CT molecular complexity index is 650. The Labute approximate surface area is 149 Å². The highest BCUT2D eigenvalue weighted by molar-refractivity contribution is 5.95. The third-order valence-electron chi connectivity index (χ3n) is 5.67. The molecule has 2 saturated heterocycles. The highest BCUT2D eigenvalue weighted by atomic mass is 16.5. The first-order valence-electron chi connectivity index (χ1n) is 9.23. The molecule has 5 nitrogen and oxygen atoms in total. The number of benzene rings is 1. The number of hydrogen-bond donors (Lipinski definition) is 1. The Morgan fingerprint density at radius 2 is 1.92 bits per heavy atom. The van der Waals surface area contributed by atoms with Crippen molar-refractivity contribution in [3.05, 3.63) is 34.9 Å². The van der Waals surface area contributed by atoms with Crippen molar-refractivity contribution < 1.29 is 14.3 Å². The second-order valence-corrected chi connectivity index (χ2v) is 7.50. The molecule has 2 aliphatic rings. The van der Waals surface area contributed by atoms with Crippen LogP contribution < -0.4 is 5.73 Å². The Morgan fingerprint density at radius 1 is 1.20 bits per heavy atom. The molecular weight excluding hydrogens is 316 g/mol. The van der Waals surface area contributed by atoms with Gasteiger partial charge in [0.15, 0.2) is 0 Å². The number of rotatable bonds is 4. The molecule has 3 rings (SSSR count). The van der Waals surface area contributed by atoms with Gasteiger partial charge in [0.25, 0.3) is 5.91 Å². The van der Waals surface area contributed by atoms with Crippen LogP contribution in [0.15, 0.2) is 18.2 Å². The molecule has 0 saturated carbocycles. The summed E-state index contributed by atoms with van der Waals surface area (Å²) in [4.78, 5) is 26.3. The summed E-state index contributed by atoms with van der Waals surface area (Å²) in [6.45, 7) is 6.16. The lowest BCUT2D eigenvalue weighted by molar-refractivity contribution is -0.123. The molecule has 0 spiro atoms. The molecule has 2 atom stereocenters. The zero-order valence-corrected chi connectivity index (χ0v) is 15.2. The molecule has 0 unspecified atom stereocenters. The average Bonchev–Trinajstić information content (AvgIpc) is 3.05. The highest BCUT2D eigenvalue weighted by Gasteiger charge is 2.35. The number of piperidine rings is 1. The second-order valence-electron chi connectivity index (χ2n) is 7.50. The van der Waals surface area contributed by atoms with Crippen LogP contribution in [-0.2, 0) is 9.53 Å². The molecule has 0 radical (unpaired) electrons. The molecule has 0 aromatic heterocycles. The molecule has 5 heteroatoms. The number of hydrogen-bond acceptors (Lipinski definition) is 3. The van der Waals surface area contributed by atoms with Crippen molar-refractivity contribution in [2.45, 2.75) is 45.6 Å². The zero-order chi connectivity index (χ0) is 18.0. The van der Waals surface area contributed by atoms with Crippen molar-refractivity contribution in [3.8, 4) is 0 Å². The minimum absolute atomic E-state index is 0.0382. The van der Waals surface area contributed by atoms with Gasteiger partial charge in [-0.3, -0.25) is 9.59 Å². The van der Waals surface area contributed by atoms with Crippen LogP contribution in [0.2, 0.25) is 0 Å². The van der Waals surface area contributed by atoms with Gasteiger partial charge in [0.05, 0.1) is 12.0 Å². The topological polar surface area (TPSA) is 72.6 Å². The van der Waals surface area contributed by atoms with Gasteiger partial charge in [0.2, 0.25) is 5.91 Å². The number of carbonyl (C=O) groups excluding carboxylic acids is 2. The minimum atomic E-state index is -0.245. The molecule has 2 amide bonds. The summed E-state index contributed by atoms with van der Waals surface area (Å²) < 4.78 is 5.72. The van der Waals surface area contributed by atoms with E-state index in [-0.39, 0.29) is 23.8 Å². The van der Waals surface area contributed by atoms with Crippen LogP contribution in [0, 0.1) is 25.7 Å². The van der Waals surface area contributed by atoms with E-state index in [1.165, 1.54) is 0 Å². The summed E-state index contributed by atoms with van der Waals surface area (Å²) in [5.74, 6) is 0.235. The van der Waals surface area contributed by atoms with Gasteiger partial charge in [-0.2, -0.15) is 0 Å². The maximum absolute atomic E-state index is 12.8. The molecule has 2 fully saturated rings. The van der Waals surface area contributed by atoms with Crippen LogP contribution in [0.5, 0.6) is 0 Å². The van der Waals surface area contributed by atoms with Crippen molar-refractivity contribution in [3.63, 3.8) is 0 Å². The molecule has 2 N–H and O–H groups in total. The molecule has 0 bridgehead atoms. The van der Waals surface area contributed by atoms with Gasteiger partial charge in [0, 0.05) is 25.3 Å². The average molecular weight is 344 g/mol.